The molecule has 0 saturated heterocycles. The molecule has 108 valence electrons. The fourth-order valence-corrected chi connectivity index (χ4v) is 3.60. The third kappa shape index (κ3) is 3.03. The predicted octanol–water partition coefficient (Wildman–Crippen LogP) is 4.98. The van der Waals surface area contributed by atoms with E-state index < -0.39 is 0 Å². The molecular weight excluding hydrogens is 375 g/mol. The van der Waals surface area contributed by atoms with Crippen LogP contribution in [0.25, 0.3) is 0 Å². The van der Waals surface area contributed by atoms with Gasteiger partial charge < -0.3 is 10.6 Å². The number of nitrogens with one attached hydrogen (secondary N) is 2. The molecule has 0 saturated carbocycles. The van der Waals surface area contributed by atoms with Crippen LogP contribution in [0.3, 0.4) is 0 Å². The lowest BCUT2D eigenvalue weighted by molar-refractivity contribution is 0.102. The molecule has 2 aromatic rings. The standard InChI is InChI=1S/C15H11BrCl2N2O/c16-10-6-11(17)14(12(18)7-10)20-15(21)9-1-2-13-8(5-9)3-4-19-13/h1-2,5-7,19H,3-4H2,(H,20,21). The van der Waals surface area contributed by atoms with E-state index in [2.05, 4.69) is 26.6 Å². The Kier molecular flexibility index (Phi) is 4.11. The summed E-state index contributed by atoms with van der Waals surface area (Å²) in [5.74, 6) is -0.226. The molecule has 2 aromatic carbocycles. The first-order chi connectivity index (χ1) is 10.0. The summed E-state index contributed by atoms with van der Waals surface area (Å²) in [7, 11) is 0. The van der Waals surface area contributed by atoms with Gasteiger partial charge in [0.05, 0.1) is 15.7 Å². The van der Waals surface area contributed by atoms with Gasteiger partial charge in [-0.2, -0.15) is 0 Å². The van der Waals surface area contributed by atoms with Gasteiger partial charge in [-0.25, -0.2) is 0 Å². The Balaban J connectivity index is 1.87. The van der Waals surface area contributed by atoms with Crippen molar-refractivity contribution in [1.29, 1.82) is 0 Å². The molecular formula is C15H11BrCl2N2O. The summed E-state index contributed by atoms with van der Waals surface area (Å²) in [5.41, 5.74) is 3.25. The number of benzene rings is 2. The van der Waals surface area contributed by atoms with Crippen LogP contribution in [-0.2, 0) is 6.42 Å². The van der Waals surface area contributed by atoms with Crippen molar-refractivity contribution in [2.75, 3.05) is 17.2 Å². The smallest absolute Gasteiger partial charge is 0.255 e. The largest absolute Gasteiger partial charge is 0.384 e. The minimum atomic E-state index is -0.226. The zero-order valence-corrected chi connectivity index (χ0v) is 13.9. The van der Waals surface area contributed by atoms with E-state index in [1.165, 1.54) is 0 Å². The number of hydrogen-bond acceptors (Lipinski definition) is 2. The van der Waals surface area contributed by atoms with E-state index in [1.807, 2.05) is 12.1 Å². The van der Waals surface area contributed by atoms with Crippen LogP contribution in [0.15, 0.2) is 34.8 Å². The molecule has 0 radical (unpaired) electrons. The van der Waals surface area contributed by atoms with E-state index >= 15 is 0 Å². The molecule has 2 N–H and O–H groups in total. The highest BCUT2D eigenvalue weighted by molar-refractivity contribution is 9.10. The van der Waals surface area contributed by atoms with Gasteiger partial charge in [-0.05, 0) is 42.3 Å². The maximum absolute atomic E-state index is 12.3. The minimum absolute atomic E-state index is 0.226. The van der Waals surface area contributed by atoms with Gasteiger partial charge in [-0.1, -0.05) is 39.1 Å². The number of hydrogen-bond donors (Lipinski definition) is 2. The first kappa shape index (κ1) is 14.7. The minimum Gasteiger partial charge on any atom is -0.384 e. The van der Waals surface area contributed by atoms with Crippen LogP contribution in [0, 0.1) is 0 Å². The lowest BCUT2D eigenvalue weighted by Gasteiger charge is -2.10. The van der Waals surface area contributed by atoms with Gasteiger partial charge in [-0.3, -0.25) is 4.79 Å². The van der Waals surface area contributed by atoms with Crippen molar-refractivity contribution >= 4 is 56.4 Å². The van der Waals surface area contributed by atoms with Gasteiger partial charge >= 0.3 is 0 Å². The normalized spacial score (nSPS) is 12.7. The number of carbonyl (C=O) groups is 1. The second-order valence-electron chi connectivity index (χ2n) is 4.75. The average Bonchev–Trinajstić information content (AvgIpc) is 2.89. The summed E-state index contributed by atoms with van der Waals surface area (Å²) in [4.78, 5) is 12.3. The molecule has 0 unspecified atom stereocenters. The van der Waals surface area contributed by atoms with Crippen molar-refractivity contribution in [3.63, 3.8) is 0 Å². The van der Waals surface area contributed by atoms with Gasteiger partial charge in [0, 0.05) is 22.3 Å². The topological polar surface area (TPSA) is 41.1 Å². The predicted molar refractivity (Wildman–Crippen MR) is 90.8 cm³/mol. The van der Waals surface area contributed by atoms with Crippen LogP contribution < -0.4 is 10.6 Å². The summed E-state index contributed by atoms with van der Waals surface area (Å²) in [6.07, 6.45) is 0.927. The van der Waals surface area contributed by atoms with Gasteiger partial charge in [-0.15, -0.1) is 0 Å². The fraction of sp³-hybridized carbons (Fsp3) is 0.133. The molecule has 0 aromatic heterocycles. The van der Waals surface area contributed by atoms with Crippen LogP contribution in [0.5, 0.6) is 0 Å². The summed E-state index contributed by atoms with van der Waals surface area (Å²) >= 11 is 15.5. The SMILES string of the molecule is O=C(Nc1c(Cl)cc(Br)cc1Cl)c1ccc2c(c1)CCN2. The number of carbonyl (C=O) groups excluding carboxylic acids is 1. The van der Waals surface area contributed by atoms with Crippen molar-refractivity contribution in [3.8, 4) is 0 Å². The molecule has 0 spiro atoms. The van der Waals surface area contributed by atoms with E-state index in [0.29, 0.717) is 21.3 Å². The van der Waals surface area contributed by atoms with Crippen molar-refractivity contribution in [2.45, 2.75) is 6.42 Å². The highest BCUT2D eigenvalue weighted by Crippen LogP contribution is 2.34. The lowest BCUT2D eigenvalue weighted by atomic mass is 10.1. The quantitative estimate of drug-likeness (QED) is 0.765. The molecule has 21 heavy (non-hydrogen) atoms. The second kappa shape index (κ2) is 5.87. The second-order valence-corrected chi connectivity index (χ2v) is 6.48. The monoisotopic (exact) mass is 384 g/mol. The molecule has 0 fully saturated rings. The van der Waals surface area contributed by atoms with Gasteiger partial charge in [0.1, 0.15) is 0 Å². The Morgan fingerprint density at radius 3 is 2.62 bits per heavy atom. The van der Waals surface area contributed by atoms with Crippen molar-refractivity contribution in [2.24, 2.45) is 0 Å². The van der Waals surface area contributed by atoms with Crippen molar-refractivity contribution in [3.05, 3.63) is 56.0 Å². The molecule has 1 amide bonds. The highest BCUT2D eigenvalue weighted by Gasteiger charge is 2.16. The third-order valence-corrected chi connectivity index (χ3v) is 4.38. The molecule has 0 aliphatic carbocycles. The van der Waals surface area contributed by atoms with Crippen LogP contribution in [0.1, 0.15) is 15.9 Å². The first-order valence-electron chi connectivity index (χ1n) is 6.37. The van der Waals surface area contributed by atoms with Crippen molar-refractivity contribution in [1.82, 2.24) is 0 Å². The van der Waals surface area contributed by atoms with Crippen LogP contribution in [0.2, 0.25) is 10.0 Å². The maximum atomic E-state index is 12.3. The zero-order valence-electron chi connectivity index (χ0n) is 10.8. The Labute approximate surface area is 140 Å². The van der Waals surface area contributed by atoms with Crippen LogP contribution in [-0.4, -0.2) is 12.5 Å². The van der Waals surface area contributed by atoms with E-state index in [4.69, 9.17) is 23.2 Å². The molecule has 0 bridgehead atoms. The van der Waals surface area contributed by atoms with Gasteiger partial charge in [0.2, 0.25) is 0 Å². The molecule has 1 heterocycles. The van der Waals surface area contributed by atoms with Crippen LogP contribution >= 0.6 is 39.1 Å². The number of fused-ring (bicyclic) bond motifs is 1. The molecule has 3 nitrogen and oxygen atoms in total. The van der Waals surface area contributed by atoms with Crippen molar-refractivity contribution < 1.29 is 4.79 Å². The maximum Gasteiger partial charge on any atom is 0.255 e. The third-order valence-electron chi connectivity index (χ3n) is 3.32. The summed E-state index contributed by atoms with van der Waals surface area (Å²) < 4.78 is 0.763. The van der Waals surface area contributed by atoms with E-state index in [9.17, 15) is 4.79 Å². The van der Waals surface area contributed by atoms with Crippen LogP contribution in [0.4, 0.5) is 11.4 Å². The average molecular weight is 386 g/mol. The van der Waals surface area contributed by atoms with E-state index in [0.717, 1.165) is 28.7 Å². The van der Waals surface area contributed by atoms with E-state index in [1.54, 1.807) is 18.2 Å². The number of rotatable bonds is 2. The fourth-order valence-electron chi connectivity index (χ4n) is 2.29. The molecule has 1 aliphatic heterocycles. The zero-order chi connectivity index (χ0) is 15.0. The van der Waals surface area contributed by atoms with Gasteiger partial charge in [0.15, 0.2) is 0 Å². The van der Waals surface area contributed by atoms with Gasteiger partial charge in [0.25, 0.3) is 5.91 Å². The van der Waals surface area contributed by atoms with E-state index in [-0.39, 0.29) is 5.91 Å². The Bertz CT molecular complexity index is 711. The number of anilines is 2. The Morgan fingerprint density at radius 2 is 1.90 bits per heavy atom. The number of halogens is 3. The Morgan fingerprint density at radius 1 is 1.19 bits per heavy atom. The summed E-state index contributed by atoms with van der Waals surface area (Å²) in [5, 5.41) is 6.82. The molecule has 3 rings (SSSR count). The lowest BCUT2D eigenvalue weighted by Crippen LogP contribution is -2.13. The first-order valence-corrected chi connectivity index (χ1v) is 7.92. The summed E-state index contributed by atoms with van der Waals surface area (Å²) in [6.45, 7) is 0.908. The summed E-state index contributed by atoms with van der Waals surface area (Å²) in [6, 6.07) is 8.98. The molecule has 0 atom stereocenters. The number of amides is 1. The molecule has 1 aliphatic rings. The Hall–Kier alpha value is -1.23. The highest BCUT2D eigenvalue weighted by atomic mass is 79.9. The molecule has 6 heteroatoms.